The number of nitrogens with zero attached hydrogens (tertiary/aromatic N) is 3. The fourth-order valence-corrected chi connectivity index (χ4v) is 2.81. The lowest BCUT2D eigenvalue weighted by Crippen LogP contribution is -2.42. The average molecular weight is 424 g/mol. The van der Waals surface area contributed by atoms with Gasteiger partial charge in [0.2, 0.25) is 5.60 Å². The Morgan fingerprint density at radius 1 is 1.07 bits per heavy atom. The molecule has 1 aliphatic rings. The molecular formula is C16H14F6N4O3. The number of alkyl halides is 6. The van der Waals surface area contributed by atoms with Crippen LogP contribution < -0.4 is 5.32 Å². The molecule has 7 nitrogen and oxygen atoms in total. The van der Waals surface area contributed by atoms with Crippen LogP contribution in [0.4, 0.5) is 26.3 Å². The van der Waals surface area contributed by atoms with Gasteiger partial charge in [-0.2, -0.15) is 26.3 Å². The van der Waals surface area contributed by atoms with Gasteiger partial charge in [0.15, 0.2) is 0 Å². The number of hydrogen-bond donors (Lipinski definition) is 2. The number of halogens is 6. The second kappa shape index (κ2) is 7.28. The fraction of sp³-hybridized carbons (Fsp3) is 0.500. The number of amides is 1. The van der Waals surface area contributed by atoms with Gasteiger partial charge in [-0.1, -0.05) is 6.42 Å². The minimum absolute atomic E-state index is 0.0785. The molecule has 1 aliphatic heterocycles. The van der Waals surface area contributed by atoms with Gasteiger partial charge in [-0.15, -0.1) is 10.2 Å². The molecule has 0 spiro atoms. The van der Waals surface area contributed by atoms with E-state index in [0.717, 1.165) is 6.07 Å². The SMILES string of the molecule is O=C1NCCCCCC(O)(C(F)(F)F)c2nnc(o2)-c2ccc(C(F)(F)F)c1n2. The van der Waals surface area contributed by atoms with Gasteiger partial charge in [0, 0.05) is 6.54 Å². The molecule has 0 saturated carbocycles. The third kappa shape index (κ3) is 4.04. The molecule has 0 saturated heterocycles. The topological polar surface area (TPSA) is 101 Å². The van der Waals surface area contributed by atoms with Crippen LogP contribution in [-0.4, -0.2) is 38.9 Å². The standard InChI is InChI=1S/C16H14F6N4O3/c17-15(18,19)8-4-5-9-12-25-26-13(29-12)14(28,16(20,21)22)6-2-1-3-7-23-11(27)10(8)24-9/h4-5,28H,1-3,6-7H2,(H,23,27). The van der Waals surface area contributed by atoms with Crippen molar-refractivity contribution < 1.29 is 40.7 Å². The van der Waals surface area contributed by atoms with Crippen molar-refractivity contribution in [2.75, 3.05) is 6.54 Å². The minimum Gasteiger partial charge on any atom is -0.416 e. The fourth-order valence-electron chi connectivity index (χ4n) is 2.81. The summed E-state index contributed by atoms with van der Waals surface area (Å²) in [6, 6.07) is 1.33. The highest BCUT2D eigenvalue weighted by Gasteiger charge is 2.58. The molecule has 2 aromatic heterocycles. The van der Waals surface area contributed by atoms with Crippen molar-refractivity contribution in [3.05, 3.63) is 29.3 Å². The summed E-state index contributed by atoms with van der Waals surface area (Å²) in [7, 11) is 0. The zero-order valence-electron chi connectivity index (χ0n) is 14.6. The second-order valence-electron chi connectivity index (χ2n) is 6.43. The summed E-state index contributed by atoms with van der Waals surface area (Å²) in [6.45, 7) is -0.0785. The quantitative estimate of drug-likeness (QED) is 0.630. The van der Waals surface area contributed by atoms with Gasteiger partial charge in [0.1, 0.15) is 11.4 Å². The number of aliphatic hydroxyl groups is 1. The molecule has 1 amide bonds. The lowest BCUT2D eigenvalue weighted by Gasteiger charge is -2.26. The highest BCUT2D eigenvalue weighted by atomic mass is 19.4. The molecule has 0 aromatic carbocycles. The van der Waals surface area contributed by atoms with Crippen LogP contribution in [0.3, 0.4) is 0 Å². The number of aromatic nitrogens is 3. The van der Waals surface area contributed by atoms with Gasteiger partial charge < -0.3 is 14.8 Å². The molecule has 1 unspecified atom stereocenters. The average Bonchev–Trinajstić information content (AvgIpc) is 3.12. The van der Waals surface area contributed by atoms with Gasteiger partial charge in [-0.05, 0) is 31.4 Å². The van der Waals surface area contributed by atoms with E-state index >= 15 is 0 Å². The maximum absolute atomic E-state index is 13.4. The van der Waals surface area contributed by atoms with Crippen LogP contribution >= 0.6 is 0 Å². The Labute approximate surface area is 159 Å². The highest BCUT2D eigenvalue weighted by Crippen LogP contribution is 2.43. The molecule has 13 heteroatoms. The Morgan fingerprint density at radius 2 is 1.79 bits per heavy atom. The van der Waals surface area contributed by atoms with E-state index in [1.807, 2.05) is 0 Å². The summed E-state index contributed by atoms with van der Waals surface area (Å²) >= 11 is 0. The molecule has 1 atom stereocenters. The molecule has 3 rings (SSSR count). The van der Waals surface area contributed by atoms with Crippen molar-refractivity contribution in [3.63, 3.8) is 0 Å². The van der Waals surface area contributed by atoms with Crippen LogP contribution in [0.15, 0.2) is 16.5 Å². The van der Waals surface area contributed by atoms with Crippen molar-refractivity contribution in [3.8, 4) is 11.6 Å². The first kappa shape index (κ1) is 21.0. The van der Waals surface area contributed by atoms with Crippen molar-refractivity contribution in [2.45, 2.75) is 43.6 Å². The number of carbonyl (C=O) groups excluding carboxylic acids is 1. The summed E-state index contributed by atoms with van der Waals surface area (Å²) < 4.78 is 84.8. The number of rotatable bonds is 0. The summed E-state index contributed by atoms with van der Waals surface area (Å²) in [5.41, 5.74) is -6.15. The van der Waals surface area contributed by atoms with Crippen LogP contribution in [-0.2, 0) is 11.8 Å². The molecule has 158 valence electrons. The molecule has 3 heterocycles. The van der Waals surface area contributed by atoms with E-state index in [2.05, 4.69) is 20.5 Å². The lowest BCUT2D eigenvalue weighted by molar-refractivity contribution is -0.277. The first-order valence-corrected chi connectivity index (χ1v) is 8.43. The summed E-state index contributed by atoms with van der Waals surface area (Å²) in [5, 5.41) is 19.0. The first-order chi connectivity index (χ1) is 13.4. The third-order valence-electron chi connectivity index (χ3n) is 4.38. The minimum atomic E-state index is -5.12. The molecule has 2 aromatic rings. The Bertz CT molecular complexity index is 911. The second-order valence-corrected chi connectivity index (χ2v) is 6.43. The summed E-state index contributed by atoms with van der Waals surface area (Å²) in [4.78, 5) is 15.8. The number of pyridine rings is 1. The normalized spacial score (nSPS) is 21.4. The van der Waals surface area contributed by atoms with Crippen LogP contribution in [0.25, 0.3) is 11.6 Å². The third-order valence-corrected chi connectivity index (χ3v) is 4.38. The van der Waals surface area contributed by atoms with Crippen molar-refractivity contribution in [1.82, 2.24) is 20.5 Å². The van der Waals surface area contributed by atoms with Crippen LogP contribution in [0, 0.1) is 0 Å². The summed E-state index contributed by atoms with van der Waals surface area (Å²) in [6.07, 6.45) is -10.6. The number of carbonyl (C=O) groups is 1. The number of hydrogen-bond acceptors (Lipinski definition) is 6. The highest BCUT2D eigenvalue weighted by molar-refractivity contribution is 5.94. The van der Waals surface area contributed by atoms with E-state index in [9.17, 15) is 36.2 Å². The molecular weight excluding hydrogens is 410 g/mol. The number of nitrogens with one attached hydrogen (secondary N) is 1. The molecule has 2 N–H and O–H groups in total. The van der Waals surface area contributed by atoms with E-state index in [-0.39, 0.29) is 25.8 Å². The molecule has 29 heavy (non-hydrogen) atoms. The van der Waals surface area contributed by atoms with Crippen LogP contribution in [0.1, 0.15) is 47.6 Å². The van der Waals surface area contributed by atoms with Gasteiger partial charge in [-0.25, -0.2) is 4.98 Å². The number of fused-ring (bicyclic) bond motifs is 5. The lowest BCUT2D eigenvalue weighted by atomic mass is 9.95. The Kier molecular flexibility index (Phi) is 5.28. The molecule has 0 radical (unpaired) electrons. The van der Waals surface area contributed by atoms with E-state index < -0.39 is 59.0 Å². The maximum Gasteiger partial charge on any atom is 0.426 e. The Morgan fingerprint density at radius 3 is 2.45 bits per heavy atom. The van der Waals surface area contributed by atoms with E-state index in [0.29, 0.717) is 6.07 Å². The van der Waals surface area contributed by atoms with Crippen LogP contribution in [0.2, 0.25) is 0 Å². The van der Waals surface area contributed by atoms with Gasteiger partial charge >= 0.3 is 12.4 Å². The van der Waals surface area contributed by atoms with Gasteiger partial charge in [-0.3, -0.25) is 4.79 Å². The first-order valence-electron chi connectivity index (χ1n) is 8.43. The van der Waals surface area contributed by atoms with Gasteiger partial charge in [0.25, 0.3) is 17.7 Å². The van der Waals surface area contributed by atoms with Crippen molar-refractivity contribution >= 4 is 5.91 Å². The van der Waals surface area contributed by atoms with E-state index in [4.69, 9.17) is 4.42 Å². The monoisotopic (exact) mass is 424 g/mol. The predicted octanol–water partition coefficient (Wildman–Crippen LogP) is 3.20. The molecule has 4 bridgehead atoms. The van der Waals surface area contributed by atoms with Crippen molar-refractivity contribution in [1.29, 1.82) is 0 Å². The predicted molar refractivity (Wildman–Crippen MR) is 83.3 cm³/mol. The van der Waals surface area contributed by atoms with Crippen LogP contribution in [0.5, 0.6) is 0 Å². The van der Waals surface area contributed by atoms with E-state index in [1.54, 1.807) is 0 Å². The van der Waals surface area contributed by atoms with Gasteiger partial charge in [0.05, 0.1) is 5.56 Å². The zero-order valence-corrected chi connectivity index (χ0v) is 14.6. The smallest absolute Gasteiger partial charge is 0.416 e. The Hall–Kier alpha value is -2.70. The zero-order chi connectivity index (χ0) is 21.4. The Balaban J connectivity index is 2.14. The van der Waals surface area contributed by atoms with E-state index in [1.165, 1.54) is 0 Å². The van der Waals surface area contributed by atoms with Crippen molar-refractivity contribution in [2.24, 2.45) is 0 Å². The molecule has 0 aliphatic carbocycles. The maximum atomic E-state index is 13.4. The largest absolute Gasteiger partial charge is 0.426 e. The summed E-state index contributed by atoms with van der Waals surface area (Å²) in [5.74, 6) is -2.91. The molecule has 0 fully saturated rings.